The van der Waals surface area contributed by atoms with E-state index in [4.69, 9.17) is 47.1 Å². The summed E-state index contributed by atoms with van der Waals surface area (Å²) < 4.78 is 23.7. The second-order valence-electron chi connectivity index (χ2n) is 14.2. The number of nitrogens with zero attached hydrogens (tertiary/aromatic N) is 2. The van der Waals surface area contributed by atoms with Crippen LogP contribution in [-0.2, 0) is 35.6 Å². The molecule has 0 radical (unpaired) electrons. The number of amides is 2. The summed E-state index contributed by atoms with van der Waals surface area (Å²) in [7, 11) is 0. The van der Waals surface area contributed by atoms with Gasteiger partial charge in [-0.2, -0.15) is 5.26 Å². The maximum absolute atomic E-state index is 14.1. The summed E-state index contributed by atoms with van der Waals surface area (Å²) in [4.78, 5) is 41.8. The number of fused-ring (bicyclic) bond motifs is 2. The van der Waals surface area contributed by atoms with E-state index in [2.05, 4.69) is 11.4 Å². The molecule has 1 aromatic heterocycles. The number of ether oxygens (including phenoxy) is 3. The monoisotopic (exact) mass is 827 g/mol. The second-order valence-corrected chi connectivity index (χ2v) is 15.1. The van der Waals surface area contributed by atoms with Gasteiger partial charge in [-0.15, -0.1) is 0 Å². The third-order valence-corrected chi connectivity index (χ3v) is 11.1. The molecule has 2 N–H and O–H groups in total. The lowest BCUT2D eigenvalue weighted by Gasteiger charge is -2.37. The van der Waals surface area contributed by atoms with E-state index < -0.39 is 36.0 Å². The summed E-state index contributed by atoms with van der Waals surface area (Å²) in [5.74, 6) is -0.593. The molecule has 0 saturated carbocycles. The number of halogens is 2. The fraction of sp³-hybridized carbons (Fsp3) is 0.174. The molecule has 0 aliphatic carbocycles. The maximum atomic E-state index is 14.1. The average molecular weight is 829 g/mol. The molecule has 0 saturated heterocycles. The van der Waals surface area contributed by atoms with Crippen LogP contribution in [0.25, 0.3) is 11.1 Å². The summed E-state index contributed by atoms with van der Waals surface area (Å²) in [6.45, 7) is 0.606. The van der Waals surface area contributed by atoms with Gasteiger partial charge in [0.05, 0.1) is 33.5 Å². The summed E-state index contributed by atoms with van der Waals surface area (Å²) in [5, 5.41) is 22.9. The van der Waals surface area contributed by atoms with Gasteiger partial charge in [0.2, 0.25) is 5.91 Å². The Bertz CT molecular complexity index is 2550. The van der Waals surface area contributed by atoms with Crippen LogP contribution in [0.3, 0.4) is 0 Å². The van der Waals surface area contributed by atoms with Gasteiger partial charge in [-0.05, 0) is 93.5 Å². The van der Waals surface area contributed by atoms with Crippen LogP contribution in [0.4, 0.5) is 0 Å². The van der Waals surface area contributed by atoms with Crippen LogP contribution in [0.2, 0.25) is 10.0 Å². The van der Waals surface area contributed by atoms with Crippen molar-refractivity contribution in [1.29, 1.82) is 5.26 Å². The van der Waals surface area contributed by atoms with Crippen molar-refractivity contribution in [1.82, 2.24) is 10.2 Å². The molecule has 3 heterocycles. The van der Waals surface area contributed by atoms with Gasteiger partial charge in [-0.25, -0.2) is 4.79 Å². The highest BCUT2D eigenvalue weighted by molar-refractivity contribution is 6.42. The molecule has 3 atom stereocenters. The second kappa shape index (κ2) is 17.0. The highest BCUT2D eigenvalue weighted by atomic mass is 35.5. The van der Waals surface area contributed by atoms with E-state index in [1.54, 1.807) is 24.3 Å². The molecule has 11 nitrogen and oxygen atoms in total. The number of carboxylic acid groups (broad SMARTS) is 1. The van der Waals surface area contributed by atoms with Crippen molar-refractivity contribution in [3.8, 4) is 34.4 Å². The number of furan rings is 1. The molecule has 6 aromatic rings. The Hall–Kier alpha value is -6.74. The first kappa shape index (κ1) is 39.1. The molecule has 2 aliphatic heterocycles. The third kappa shape index (κ3) is 8.75. The number of hydrogen-bond acceptors (Lipinski definition) is 8. The Morgan fingerprint density at radius 3 is 2.25 bits per heavy atom. The van der Waals surface area contributed by atoms with Crippen molar-refractivity contribution < 1.29 is 38.1 Å². The third-order valence-electron chi connectivity index (χ3n) is 10.4. The van der Waals surface area contributed by atoms with Crippen LogP contribution in [0.15, 0.2) is 126 Å². The van der Waals surface area contributed by atoms with E-state index in [1.165, 1.54) is 23.5 Å². The first-order valence-electron chi connectivity index (χ1n) is 18.7. The zero-order valence-electron chi connectivity index (χ0n) is 31.3. The quantitative estimate of drug-likeness (QED) is 0.131. The molecule has 0 spiro atoms. The normalized spacial score (nSPS) is 16.0. The van der Waals surface area contributed by atoms with Crippen molar-refractivity contribution in [2.45, 2.75) is 44.2 Å². The number of rotatable bonds is 11. The van der Waals surface area contributed by atoms with Gasteiger partial charge in [0.1, 0.15) is 37.3 Å². The zero-order valence-corrected chi connectivity index (χ0v) is 32.8. The van der Waals surface area contributed by atoms with E-state index in [0.29, 0.717) is 45.0 Å². The van der Waals surface area contributed by atoms with E-state index in [0.717, 1.165) is 33.4 Å². The minimum absolute atomic E-state index is 0.0159. The maximum Gasteiger partial charge on any atom is 0.326 e. The molecule has 2 amide bonds. The molecule has 0 fully saturated rings. The van der Waals surface area contributed by atoms with Crippen LogP contribution in [0.5, 0.6) is 17.2 Å². The minimum Gasteiger partial charge on any atom is -0.489 e. The Balaban J connectivity index is 0.964. The SMILES string of the molecule is N#Cc1ccc(-c2ccc(CC(NC(=O)[C@@H]3Cc4cc5c(cc4CN3C(=O)c3ccoc3)O[C@@H](c3ccc(OCc4ccc(Cl)c(Cl)c4)cc3)CO5)C(=O)O)cc2)cc1. The number of benzene rings is 5. The predicted octanol–water partition coefficient (Wildman–Crippen LogP) is 8.60. The highest BCUT2D eigenvalue weighted by Gasteiger charge is 2.38. The molecule has 13 heteroatoms. The molecule has 296 valence electrons. The van der Waals surface area contributed by atoms with Gasteiger partial charge < -0.3 is 34.0 Å². The first-order valence-corrected chi connectivity index (χ1v) is 19.4. The number of nitrogens with one attached hydrogen (secondary N) is 1. The summed E-state index contributed by atoms with van der Waals surface area (Å²) in [6, 6.07) is 32.4. The van der Waals surface area contributed by atoms with Crippen molar-refractivity contribution in [3.05, 3.63) is 171 Å². The number of carbonyl (C=O) groups is 3. The molecule has 1 unspecified atom stereocenters. The lowest BCUT2D eigenvalue weighted by atomic mass is 9.91. The van der Waals surface area contributed by atoms with Gasteiger partial charge in [0.25, 0.3) is 5.91 Å². The summed E-state index contributed by atoms with van der Waals surface area (Å²) in [5.41, 5.74) is 6.60. The lowest BCUT2D eigenvalue weighted by molar-refractivity contribution is -0.142. The lowest BCUT2D eigenvalue weighted by Crippen LogP contribution is -2.55. The van der Waals surface area contributed by atoms with Crippen LogP contribution < -0.4 is 19.5 Å². The van der Waals surface area contributed by atoms with Crippen molar-refractivity contribution in [2.24, 2.45) is 0 Å². The van der Waals surface area contributed by atoms with E-state index in [9.17, 15) is 19.5 Å². The van der Waals surface area contributed by atoms with Gasteiger partial charge in [0.15, 0.2) is 17.6 Å². The van der Waals surface area contributed by atoms with E-state index in [1.807, 2.05) is 78.9 Å². The Labute approximate surface area is 349 Å². The highest BCUT2D eigenvalue weighted by Crippen LogP contribution is 2.41. The number of carbonyl (C=O) groups excluding carboxylic acids is 2. The Morgan fingerprint density at radius 2 is 1.58 bits per heavy atom. The molecule has 2 aliphatic rings. The molecule has 0 bridgehead atoms. The fourth-order valence-corrected chi connectivity index (χ4v) is 7.48. The smallest absolute Gasteiger partial charge is 0.326 e. The summed E-state index contributed by atoms with van der Waals surface area (Å²) in [6.07, 6.45) is 2.40. The minimum atomic E-state index is -1.27. The van der Waals surface area contributed by atoms with Crippen LogP contribution in [-0.4, -0.2) is 46.5 Å². The van der Waals surface area contributed by atoms with E-state index in [-0.39, 0.29) is 31.6 Å². The van der Waals surface area contributed by atoms with Crippen LogP contribution in [0, 0.1) is 11.3 Å². The Kier molecular flexibility index (Phi) is 11.3. The molecule has 59 heavy (non-hydrogen) atoms. The number of hydrogen-bond donors (Lipinski definition) is 2. The number of aliphatic carboxylic acids is 1. The average Bonchev–Trinajstić information content (AvgIpc) is 3.81. The van der Waals surface area contributed by atoms with Crippen molar-refractivity contribution in [2.75, 3.05) is 6.61 Å². The van der Waals surface area contributed by atoms with Gasteiger partial charge in [0, 0.05) is 19.4 Å². The van der Waals surface area contributed by atoms with Gasteiger partial charge >= 0.3 is 5.97 Å². The summed E-state index contributed by atoms with van der Waals surface area (Å²) >= 11 is 12.2. The van der Waals surface area contributed by atoms with Crippen LogP contribution in [0.1, 0.15) is 49.8 Å². The van der Waals surface area contributed by atoms with Crippen LogP contribution >= 0.6 is 23.2 Å². The first-order chi connectivity index (χ1) is 28.6. The predicted molar refractivity (Wildman–Crippen MR) is 218 cm³/mol. The topological polar surface area (TPSA) is 151 Å². The Morgan fingerprint density at radius 1 is 0.864 bits per heavy atom. The standard InChI is InChI=1S/C46H35Cl2N3O8/c47-37-14-5-29(17-38(37)48)24-57-36-12-10-32(11-13-36)43-26-58-41-20-34-19-40(51(23-35(34)21-42(41)59-43)45(53)33-15-16-56-25-33)44(52)50-39(46(54)55)18-27-1-6-30(7-2-27)31-8-3-28(22-49)4-9-31/h1-17,20-21,25,39-40,43H,18-19,23-24,26H2,(H,50,52)(H,54,55)/t39?,40-,43+/m0/s1. The van der Waals surface area contributed by atoms with Gasteiger partial charge in [-0.3, -0.25) is 9.59 Å². The van der Waals surface area contributed by atoms with Crippen molar-refractivity contribution >= 4 is 41.0 Å². The largest absolute Gasteiger partial charge is 0.489 e. The molecular formula is C46H35Cl2N3O8. The molecular weight excluding hydrogens is 793 g/mol. The zero-order chi connectivity index (χ0) is 41.0. The van der Waals surface area contributed by atoms with Gasteiger partial charge in [-0.1, -0.05) is 77.8 Å². The fourth-order valence-electron chi connectivity index (χ4n) is 7.16. The number of carboxylic acids is 1. The molecule has 5 aromatic carbocycles. The van der Waals surface area contributed by atoms with E-state index >= 15 is 0 Å². The number of nitriles is 1. The molecule has 8 rings (SSSR count). The van der Waals surface area contributed by atoms with Crippen molar-refractivity contribution in [3.63, 3.8) is 0 Å².